The fourth-order valence-electron chi connectivity index (χ4n) is 5.44. The molecule has 5 rings (SSSR count). The van der Waals surface area contributed by atoms with Crippen molar-refractivity contribution in [2.24, 2.45) is 20.5 Å². The molecule has 0 saturated heterocycles. The molecular weight excluding hydrogens is 835 g/mol. The Morgan fingerprint density at radius 3 is 1.67 bits per heavy atom. The first-order valence-corrected chi connectivity index (χ1v) is 21.4. The third kappa shape index (κ3) is 15.2. The van der Waals surface area contributed by atoms with Gasteiger partial charge >= 0.3 is 0 Å². The third-order valence-corrected chi connectivity index (χ3v) is 9.98. The second kappa shape index (κ2) is 24.1. The summed E-state index contributed by atoms with van der Waals surface area (Å²) in [6, 6.07) is 21.3. The zero-order valence-electron chi connectivity index (χ0n) is 33.9. The van der Waals surface area contributed by atoms with Gasteiger partial charge < -0.3 is 46.2 Å². The zero-order chi connectivity index (χ0) is 45.2. The smallest absolute Gasteiger partial charge is 0.296 e. The van der Waals surface area contributed by atoms with E-state index in [4.69, 9.17) is 25.2 Å². The number of phenolic OH excluding ortho intramolecular Hbond substituents is 1. The molecule has 0 aliphatic carbocycles. The van der Waals surface area contributed by atoms with Gasteiger partial charge in [0.15, 0.2) is 5.75 Å². The number of ether oxygens (including phenoxy) is 1. The standard InChI is InChI=1S/C32H29N5O8S2.2C4H11NO2/c1-18-12-20(3)30(28(13-18)46(39,40)41)36-34-25-17-27(45-4)26(14-19(25)2)35-37-31-29(47(42,43)44)16-21-15-23(10-11-24(21)32(31)38)33-22-8-6-5-7-9-22;2*6-3-1-5-2-4-7/h5-17,33,38H,1-4H3,(H,39,40,41)(H,42,43,44);2*5-7H,1-4H2. The second-order valence-electron chi connectivity index (χ2n) is 13.0. The molecule has 0 aliphatic rings. The van der Waals surface area contributed by atoms with Gasteiger partial charge in [0.05, 0.1) is 39.2 Å². The maximum absolute atomic E-state index is 12.4. The number of aliphatic hydroxyl groups excluding tert-OH is 4. The van der Waals surface area contributed by atoms with E-state index in [2.05, 4.69) is 36.4 Å². The van der Waals surface area contributed by atoms with Gasteiger partial charge in [-0.15, -0.1) is 15.3 Å². The SMILES string of the molecule is COc1cc(N=Nc2c(C)cc(C)cc2S(=O)(=O)O)c(C)cc1N=Nc1c(S(=O)(=O)O)cc2cc(Nc3ccccc3)ccc2c1O.OCCNCCO.OCCNCCO. The lowest BCUT2D eigenvalue weighted by Gasteiger charge is -2.12. The Morgan fingerprint density at radius 2 is 1.13 bits per heavy atom. The summed E-state index contributed by atoms with van der Waals surface area (Å²) in [6.07, 6.45) is 0. The maximum atomic E-state index is 12.4. The van der Waals surface area contributed by atoms with Crippen LogP contribution in [0, 0.1) is 20.8 Å². The molecule has 5 aromatic rings. The summed E-state index contributed by atoms with van der Waals surface area (Å²) in [7, 11) is -8.09. The van der Waals surface area contributed by atoms with Gasteiger partial charge in [-0.05, 0) is 91.4 Å². The van der Waals surface area contributed by atoms with E-state index in [-0.39, 0.29) is 59.5 Å². The fraction of sp³-hybridized carbons (Fsp3) is 0.300. The van der Waals surface area contributed by atoms with Crippen LogP contribution in [-0.4, -0.2) is 111 Å². The van der Waals surface area contributed by atoms with Gasteiger partial charge in [0.1, 0.15) is 32.6 Å². The largest absolute Gasteiger partial charge is 0.505 e. The van der Waals surface area contributed by atoms with E-state index in [1.807, 2.05) is 30.3 Å². The topological polar surface area (TPSA) is 305 Å². The van der Waals surface area contributed by atoms with Crippen molar-refractivity contribution in [3.8, 4) is 11.5 Å². The van der Waals surface area contributed by atoms with Crippen LogP contribution in [0.1, 0.15) is 16.7 Å². The van der Waals surface area contributed by atoms with Gasteiger partial charge in [0.2, 0.25) is 0 Å². The van der Waals surface area contributed by atoms with Crippen LogP contribution in [0.15, 0.2) is 109 Å². The Bertz CT molecular complexity index is 2490. The number of para-hydroxylation sites is 1. The number of nitrogens with one attached hydrogen (secondary N) is 3. The number of nitrogens with zero attached hydrogens (tertiary/aromatic N) is 4. The minimum atomic E-state index is -4.86. The molecule has 0 aromatic heterocycles. The van der Waals surface area contributed by atoms with Gasteiger partial charge in [-0.25, -0.2) is 0 Å². The summed E-state index contributed by atoms with van der Waals surface area (Å²) >= 11 is 0. The van der Waals surface area contributed by atoms with Crippen LogP contribution in [0.5, 0.6) is 11.5 Å². The molecule has 0 spiro atoms. The average Bonchev–Trinajstić information content (AvgIpc) is 3.21. The summed E-state index contributed by atoms with van der Waals surface area (Å²) in [5.74, 6) is -0.386. The van der Waals surface area contributed by atoms with Crippen molar-refractivity contribution in [3.63, 3.8) is 0 Å². The summed E-state index contributed by atoms with van der Waals surface area (Å²) < 4.78 is 73.9. The first-order valence-electron chi connectivity index (χ1n) is 18.5. The molecular formula is C40H51N7O12S2. The molecule has 61 heavy (non-hydrogen) atoms. The molecule has 10 N–H and O–H groups in total. The molecule has 0 amide bonds. The Kier molecular flexibility index (Phi) is 19.7. The quantitative estimate of drug-likeness (QED) is 0.0306. The first-order chi connectivity index (χ1) is 29.0. The van der Waals surface area contributed by atoms with Crippen LogP contribution in [0.4, 0.5) is 34.1 Å². The van der Waals surface area contributed by atoms with Crippen LogP contribution < -0.4 is 20.7 Å². The van der Waals surface area contributed by atoms with Crippen LogP contribution >= 0.6 is 0 Å². The van der Waals surface area contributed by atoms with Crippen molar-refractivity contribution in [1.82, 2.24) is 10.6 Å². The van der Waals surface area contributed by atoms with E-state index in [0.29, 0.717) is 53.9 Å². The number of azo groups is 2. The summed E-state index contributed by atoms with van der Waals surface area (Å²) in [4.78, 5) is -1.05. The Labute approximate surface area is 354 Å². The van der Waals surface area contributed by atoms with Crippen molar-refractivity contribution >= 4 is 65.1 Å². The minimum Gasteiger partial charge on any atom is -0.505 e. The number of aromatic hydroxyl groups is 1. The number of aliphatic hydroxyl groups is 4. The number of fused-ring (bicyclic) bond motifs is 1. The molecule has 0 bridgehead atoms. The number of methoxy groups -OCH3 is 1. The molecule has 0 unspecified atom stereocenters. The second-order valence-corrected chi connectivity index (χ2v) is 15.8. The lowest BCUT2D eigenvalue weighted by atomic mass is 10.1. The van der Waals surface area contributed by atoms with Gasteiger partial charge in [-0.1, -0.05) is 24.3 Å². The van der Waals surface area contributed by atoms with Crippen LogP contribution in [-0.2, 0) is 20.2 Å². The predicted octanol–water partition coefficient (Wildman–Crippen LogP) is 5.67. The normalized spacial score (nSPS) is 11.6. The molecule has 5 aromatic carbocycles. The highest BCUT2D eigenvalue weighted by Gasteiger charge is 2.23. The van der Waals surface area contributed by atoms with Crippen LogP contribution in [0.2, 0.25) is 0 Å². The summed E-state index contributed by atoms with van der Waals surface area (Å²) in [5, 5.41) is 69.4. The summed E-state index contributed by atoms with van der Waals surface area (Å²) in [6.45, 7) is 7.82. The molecule has 19 nitrogen and oxygen atoms in total. The highest BCUT2D eigenvalue weighted by Crippen LogP contribution is 2.44. The van der Waals surface area contributed by atoms with Crippen LogP contribution in [0.25, 0.3) is 10.8 Å². The molecule has 0 radical (unpaired) electrons. The van der Waals surface area contributed by atoms with Gasteiger partial charge in [0, 0.05) is 49.0 Å². The van der Waals surface area contributed by atoms with E-state index in [1.54, 1.807) is 45.0 Å². The molecule has 0 heterocycles. The fourth-order valence-corrected chi connectivity index (χ4v) is 6.88. The van der Waals surface area contributed by atoms with Crippen molar-refractivity contribution in [1.29, 1.82) is 0 Å². The maximum Gasteiger partial charge on any atom is 0.296 e. The monoisotopic (exact) mass is 885 g/mol. The molecule has 0 saturated carbocycles. The Balaban J connectivity index is 0.000000609. The Hall–Kier alpha value is -5.46. The van der Waals surface area contributed by atoms with Gasteiger partial charge in [0.25, 0.3) is 20.2 Å². The summed E-state index contributed by atoms with van der Waals surface area (Å²) in [5.41, 5.74) is 2.87. The van der Waals surface area contributed by atoms with Crippen molar-refractivity contribution < 1.29 is 56.2 Å². The highest BCUT2D eigenvalue weighted by molar-refractivity contribution is 7.86. The molecule has 330 valence electrons. The molecule has 21 heteroatoms. The van der Waals surface area contributed by atoms with E-state index in [9.17, 15) is 31.0 Å². The number of phenols is 1. The number of benzene rings is 5. The molecule has 0 fully saturated rings. The highest BCUT2D eigenvalue weighted by atomic mass is 32.2. The van der Waals surface area contributed by atoms with E-state index >= 15 is 0 Å². The third-order valence-electron chi connectivity index (χ3n) is 8.25. The minimum absolute atomic E-state index is 0.0345. The first kappa shape index (κ1) is 49.9. The van der Waals surface area contributed by atoms with E-state index in [0.717, 1.165) is 5.69 Å². The number of hydrogen-bond donors (Lipinski definition) is 10. The predicted molar refractivity (Wildman–Crippen MR) is 231 cm³/mol. The lowest BCUT2D eigenvalue weighted by molar-refractivity contribution is 0.266. The van der Waals surface area contributed by atoms with E-state index < -0.39 is 36.6 Å². The Morgan fingerprint density at radius 1 is 0.590 bits per heavy atom. The lowest BCUT2D eigenvalue weighted by Crippen LogP contribution is -2.21. The van der Waals surface area contributed by atoms with Crippen molar-refractivity contribution in [2.75, 3.05) is 65.0 Å². The number of rotatable bonds is 17. The number of anilines is 2. The average molecular weight is 886 g/mol. The van der Waals surface area contributed by atoms with Gasteiger partial charge in [-0.2, -0.15) is 21.9 Å². The molecule has 0 aliphatic heterocycles. The number of hydrogen-bond acceptors (Lipinski definition) is 17. The van der Waals surface area contributed by atoms with E-state index in [1.165, 1.54) is 31.4 Å². The van der Waals surface area contributed by atoms with Gasteiger partial charge in [-0.3, -0.25) is 9.11 Å². The van der Waals surface area contributed by atoms with Crippen LogP contribution in [0.3, 0.4) is 0 Å². The number of aryl methyl sites for hydroxylation is 3. The zero-order valence-corrected chi connectivity index (χ0v) is 35.6. The molecule has 0 atom stereocenters. The van der Waals surface area contributed by atoms with Crippen molar-refractivity contribution in [2.45, 2.75) is 30.6 Å². The van der Waals surface area contributed by atoms with Crippen molar-refractivity contribution in [3.05, 3.63) is 95.6 Å².